The van der Waals surface area contributed by atoms with Crippen molar-refractivity contribution in [2.45, 2.75) is 24.3 Å². The van der Waals surface area contributed by atoms with Crippen LogP contribution >= 0.6 is 35.0 Å². The molecule has 1 atom stereocenters. The summed E-state index contributed by atoms with van der Waals surface area (Å²) in [4.78, 5) is 16.4. The van der Waals surface area contributed by atoms with E-state index in [1.165, 1.54) is 11.8 Å². The van der Waals surface area contributed by atoms with Crippen LogP contribution in [0.15, 0.2) is 23.4 Å². The maximum atomic E-state index is 12.3. The molecule has 2 aromatic rings. The van der Waals surface area contributed by atoms with Gasteiger partial charge in [-0.15, -0.1) is 5.10 Å². The molecular weight excluding hydrogens is 305 g/mol. The fraction of sp³-hybridized carbons (Fsp3) is 0.250. The largest absolute Gasteiger partial charge is 0.293 e. The highest BCUT2D eigenvalue weighted by molar-refractivity contribution is 8.00. The van der Waals surface area contributed by atoms with Crippen LogP contribution in [-0.4, -0.2) is 26.2 Å². The number of carbonyl (C=O) groups excluding carboxylic acids is 1. The molecule has 19 heavy (non-hydrogen) atoms. The minimum absolute atomic E-state index is 0.0749. The molecule has 1 N–H and O–H groups in total. The average molecular weight is 316 g/mol. The van der Waals surface area contributed by atoms with E-state index in [2.05, 4.69) is 15.2 Å². The molecule has 0 bridgehead atoms. The zero-order chi connectivity index (χ0) is 14.0. The van der Waals surface area contributed by atoms with Gasteiger partial charge in [0.15, 0.2) is 5.78 Å². The topological polar surface area (TPSA) is 58.6 Å². The second-order valence-electron chi connectivity index (χ2n) is 3.95. The number of benzene rings is 1. The Kier molecular flexibility index (Phi) is 4.50. The number of carbonyl (C=O) groups is 1. The first kappa shape index (κ1) is 14.4. The molecule has 2 rings (SSSR count). The molecule has 0 aliphatic heterocycles. The first-order chi connectivity index (χ1) is 8.97. The van der Waals surface area contributed by atoms with Gasteiger partial charge in [0.05, 0.1) is 10.3 Å². The Morgan fingerprint density at radius 2 is 2.16 bits per heavy atom. The maximum Gasteiger partial charge on any atom is 0.209 e. The highest BCUT2D eigenvalue weighted by Crippen LogP contribution is 2.27. The summed E-state index contributed by atoms with van der Waals surface area (Å²) in [6.07, 6.45) is 0. The van der Waals surface area contributed by atoms with E-state index >= 15 is 0 Å². The van der Waals surface area contributed by atoms with Gasteiger partial charge in [-0.2, -0.15) is 0 Å². The standard InChI is InChI=1S/C12H11Cl2N3OS/c1-6(19-12-15-7(2)16-17-12)11(18)9-4-3-8(13)5-10(9)14/h3-6H,1-2H3,(H,15,16,17). The third-order valence-corrected chi connectivity index (χ3v) is 3.93. The zero-order valence-corrected chi connectivity index (χ0v) is 12.6. The van der Waals surface area contributed by atoms with Gasteiger partial charge in [0, 0.05) is 10.6 Å². The molecule has 0 fully saturated rings. The Balaban J connectivity index is 2.14. The number of rotatable bonds is 4. The number of aromatic amines is 1. The quantitative estimate of drug-likeness (QED) is 0.689. The summed E-state index contributed by atoms with van der Waals surface area (Å²) < 4.78 is 0. The van der Waals surface area contributed by atoms with Gasteiger partial charge in [0.1, 0.15) is 5.82 Å². The predicted molar refractivity (Wildman–Crippen MR) is 77.2 cm³/mol. The molecule has 0 amide bonds. The van der Waals surface area contributed by atoms with Crippen molar-refractivity contribution in [1.29, 1.82) is 0 Å². The lowest BCUT2D eigenvalue weighted by Gasteiger charge is -2.09. The van der Waals surface area contributed by atoms with Crippen molar-refractivity contribution in [3.8, 4) is 0 Å². The predicted octanol–water partition coefficient (Wildman–Crippen LogP) is 3.78. The Bertz CT molecular complexity index is 615. The van der Waals surface area contributed by atoms with Crippen molar-refractivity contribution in [2.75, 3.05) is 0 Å². The van der Waals surface area contributed by atoms with Crippen LogP contribution in [0.25, 0.3) is 0 Å². The summed E-state index contributed by atoms with van der Waals surface area (Å²) in [7, 11) is 0. The van der Waals surface area contributed by atoms with E-state index < -0.39 is 0 Å². The van der Waals surface area contributed by atoms with Crippen LogP contribution in [0.4, 0.5) is 0 Å². The molecule has 0 aliphatic rings. The number of aromatic nitrogens is 3. The molecule has 0 saturated carbocycles. The monoisotopic (exact) mass is 315 g/mol. The lowest BCUT2D eigenvalue weighted by molar-refractivity contribution is 0.0994. The van der Waals surface area contributed by atoms with Crippen molar-refractivity contribution < 1.29 is 4.79 Å². The lowest BCUT2D eigenvalue weighted by Crippen LogP contribution is -2.14. The number of thioether (sulfide) groups is 1. The molecule has 1 unspecified atom stereocenters. The Morgan fingerprint density at radius 1 is 1.42 bits per heavy atom. The summed E-state index contributed by atoms with van der Waals surface area (Å²) in [5, 5.41) is 7.81. The minimum Gasteiger partial charge on any atom is -0.293 e. The summed E-state index contributed by atoms with van der Waals surface area (Å²) in [6.45, 7) is 3.60. The second kappa shape index (κ2) is 5.94. The molecule has 1 aromatic heterocycles. The molecule has 0 aliphatic carbocycles. The molecule has 0 radical (unpaired) electrons. The van der Waals surface area contributed by atoms with Crippen LogP contribution in [0, 0.1) is 6.92 Å². The summed E-state index contributed by atoms with van der Waals surface area (Å²) in [5.74, 6) is 0.640. The van der Waals surface area contributed by atoms with Gasteiger partial charge in [-0.25, -0.2) is 4.98 Å². The number of hydrogen-bond acceptors (Lipinski definition) is 4. The van der Waals surface area contributed by atoms with E-state index in [1.807, 2.05) is 0 Å². The van der Waals surface area contributed by atoms with Gasteiger partial charge < -0.3 is 0 Å². The van der Waals surface area contributed by atoms with Gasteiger partial charge in [0.2, 0.25) is 5.16 Å². The Labute approximate surface area is 124 Å². The van der Waals surface area contributed by atoms with Crippen molar-refractivity contribution in [3.05, 3.63) is 39.6 Å². The van der Waals surface area contributed by atoms with Crippen LogP contribution in [0.3, 0.4) is 0 Å². The van der Waals surface area contributed by atoms with Gasteiger partial charge >= 0.3 is 0 Å². The Hall–Kier alpha value is -1.04. The van der Waals surface area contributed by atoms with E-state index in [4.69, 9.17) is 23.2 Å². The second-order valence-corrected chi connectivity index (χ2v) is 6.10. The van der Waals surface area contributed by atoms with Gasteiger partial charge in [-0.3, -0.25) is 9.89 Å². The van der Waals surface area contributed by atoms with Gasteiger partial charge in [0.25, 0.3) is 0 Å². The average Bonchev–Trinajstić information content (AvgIpc) is 2.74. The number of Topliss-reactive ketones (excluding diaryl/α,β-unsaturated/α-hetero) is 1. The van der Waals surface area contributed by atoms with E-state index in [0.717, 1.165) is 0 Å². The van der Waals surface area contributed by atoms with Crippen LogP contribution in [0.2, 0.25) is 10.0 Å². The van der Waals surface area contributed by atoms with Crippen molar-refractivity contribution in [3.63, 3.8) is 0 Å². The number of ketones is 1. The highest BCUT2D eigenvalue weighted by Gasteiger charge is 2.20. The summed E-state index contributed by atoms with van der Waals surface area (Å²) in [5.41, 5.74) is 0.457. The van der Waals surface area contributed by atoms with Crippen LogP contribution in [0.1, 0.15) is 23.1 Å². The summed E-state index contributed by atoms with van der Waals surface area (Å²) >= 11 is 13.1. The fourth-order valence-corrected chi connectivity index (χ4v) is 2.83. The molecule has 100 valence electrons. The first-order valence-corrected chi connectivity index (χ1v) is 7.16. The van der Waals surface area contributed by atoms with Gasteiger partial charge in [-0.05, 0) is 32.0 Å². The maximum absolute atomic E-state index is 12.3. The molecular formula is C12H11Cl2N3OS. The molecule has 0 saturated heterocycles. The van der Waals surface area contributed by atoms with Crippen LogP contribution in [-0.2, 0) is 0 Å². The van der Waals surface area contributed by atoms with E-state index in [0.29, 0.717) is 26.6 Å². The van der Waals surface area contributed by atoms with Crippen molar-refractivity contribution >= 4 is 40.7 Å². The normalized spacial score (nSPS) is 12.4. The van der Waals surface area contributed by atoms with Crippen LogP contribution in [0.5, 0.6) is 0 Å². The van der Waals surface area contributed by atoms with Gasteiger partial charge in [-0.1, -0.05) is 35.0 Å². The molecule has 4 nitrogen and oxygen atoms in total. The number of H-pyrrole nitrogens is 1. The number of nitrogens with one attached hydrogen (secondary N) is 1. The minimum atomic E-state index is -0.325. The van der Waals surface area contributed by atoms with E-state index in [9.17, 15) is 4.79 Å². The van der Waals surface area contributed by atoms with E-state index in [1.54, 1.807) is 32.0 Å². The fourth-order valence-electron chi connectivity index (χ4n) is 1.49. The number of aryl methyl sites for hydroxylation is 1. The SMILES string of the molecule is Cc1nc(SC(C)C(=O)c2ccc(Cl)cc2Cl)n[nH]1. The van der Waals surface area contributed by atoms with Crippen molar-refractivity contribution in [2.24, 2.45) is 0 Å². The zero-order valence-electron chi connectivity index (χ0n) is 10.3. The molecule has 7 heteroatoms. The van der Waals surface area contributed by atoms with Crippen LogP contribution < -0.4 is 0 Å². The third-order valence-electron chi connectivity index (χ3n) is 2.42. The van der Waals surface area contributed by atoms with E-state index in [-0.39, 0.29) is 11.0 Å². The first-order valence-electron chi connectivity index (χ1n) is 5.52. The summed E-state index contributed by atoms with van der Waals surface area (Å²) in [6, 6.07) is 4.84. The molecule has 0 spiro atoms. The number of nitrogens with zero attached hydrogens (tertiary/aromatic N) is 2. The number of hydrogen-bond donors (Lipinski definition) is 1. The molecule has 1 heterocycles. The molecule has 1 aromatic carbocycles. The Morgan fingerprint density at radius 3 is 2.74 bits per heavy atom. The highest BCUT2D eigenvalue weighted by atomic mass is 35.5. The van der Waals surface area contributed by atoms with Crippen molar-refractivity contribution in [1.82, 2.24) is 15.2 Å². The lowest BCUT2D eigenvalue weighted by atomic mass is 10.1. The number of halogens is 2. The third kappa shape index (κ3) is 3.49. The smallest absolute Gasteiger partial charge is 0.209 e.